The molecule has 3 aromatic rings. The minimum Gasteiger partial charge on any atom is -0.346 e. The van der Waals surface area contributed by atoms with E-state index in [9.17, 15) is 0 Å². The highest BCUT2D eigenvalue weighted by Crippen LogP contribution is 2.24. The monoisotopic (exact) mass is 298 g/mol. The van der Waals surface area contributed by atoms with Gasteiger partial charge in [-0.05, 0) is 32.9 Å². The van der Waals surface area contributed by atoms with Crippen molar-refractivity contribution >= 4 is 17.3 Å². The Morgan fingerprint density at radius 1 is 1.19 bits per heavy atom. The molecule has 0 saturated heterocycles. The molecular formula is C16H18N4S. The highest BCUT2D eigenvalue weighted by Gasteiger charge is 2.14. The molecule has 1 N–H and O–H groups in total. The fourth-order valence-electron chi connectivity index (χ4n) is 2.21. The Hall–Kier alpha value is -2.14. The quantitative estimate of drug-likeness (QED) is 0.788. The van der Waals surface area contributed by atoms with Crippen molar-refractivity contribution in [3.05, 3.63) is 58.3 Å². The Morgan fingerprint density at radius 2 is 1.95 bits per heavy atom. The molecule has 0 spiro atoms. The van der Waals surface area contributed by atoms with Crippen molar-refractivity contribution in [2.24, 2.45) is 0 Å². The summed E-state index contributed by atoms with van der Waals surface area (Å²) in [6.07, 6.45) is 3.95. The van der Waals surface area contributed by atoms with Gasteiger partial charge in [0.1, 0.15) is 5.01 Å². The zero-order valence-corrected chi connectivity index (χ0v) is 13.2. The average molecular weight is 298 g/mol. The van der Waals surface area contributed by atoms with Gasteiger partial charge in [-0.2, -0.15) is 0 Å². The number of aryl methyl sites for hydroxylation is 2. The molecule has 108 valence electrons. The molecule has 2 aromatic heterocycles. The zero-order valence-electron chi connectivity index (χ0n) is 12.4. The van der Waals surface area contributed by atoms with Crippen LogP contribution in [0.25, 0.3) is 5.69 Å². The first kappa shape index (κ1) is 13.8. The molecule has 1 aromatic carbocycles. The van der Waals surface area contributed by atoms with Gasteiger partial charge >= 0.3 is 0 Å². The third kappa shape index (κ3) is 2.97. The van der Waals surface area contributed by atoms with Gasteiger partial charge in [-0.3, -0.25) is 4.57 Å². The van der Waals surface area contributed by atoms with Crippen LogP contribution in [0.3, 0.4) is 0 Å². The van der Waals surface area contributed by atoms with E-state index in [0.717, 1.165) is 22.3 Å². The molecule has 0 bridgehead atoms. The van der Waals surface area contributed by atoms with Gasteiger partial charge in [-0.15, -0.1) is 11.3 Å². The molecule has 1 atom stereocenters. The van der Waals surface area contributed by atoms with Crippen molar-refractivity contribution in [3.63, 3.8) is 0 Å². The topological polar surface area (TPSA) is 42.7 Å². The lowest BCUT2D eigenvalue weighted by molar-refractivity contribution is 0.839. The van der Waals surface area contributed by atoms with Crippen LogP contribution >= 0.6 is 11.3 Å². The van der Waals surface area contributed by atoms with Gasteiger partial charge in [-0.1, -0.05) is 18.2 Å². The summed E-state index contributed by atoms with van der Waals surface area (Å²) in [5.74, 6) is 0.846. The maximum atomic E-state index is 4.59. The summed E-state index contributed by atoms with van der Waals surface area (Å²) in [4.78, 5) is 10.3. The van der Waals surface area contributed by atoms with Gasteiger partial charge in [0, 0.05) is 23.0 Å². The molecule has 1 unspecified atom stereocenters. The molecule has 0 saturated carbocycles. The van der Waals surface area contributed by atoms with Crippen LogP contribution < -0.4 is 5.32 Å². The first-order valence-corrected chi connectivity index (χ1v) is 7.75. The number of nitrogens with zero attached hydrogens (tertiary/aromatic N) is 3. The summed E-state index contributed by atoms with van der Waals surface area (Å²) in [7, 11) is 0. The number of rotatable bonds is 4. The second kappa shape index (κ2) is 5.69. The van der Waals surface area contributed by atoms with Crippen molar-refractivity contribution in [2.45, 2.75) is 26.8 Å². The van der Waals surface area contributed by atoms with E-state index in [-0.39, 0.29) is 6.04 Å². The number of hydrogen-bond donors (Lipinski definition) is 1. The summed E-state index contributed by atoms with van der Waals surface area (Å²) < 4.78 is 2.08. The summed E-state index contributed by atoms with van der Waals surface area (Å²) >= 11 is 1.71. The lowest BCUT2D eigenvalue weighted by Crippen LogP contribution is -2.10. The van der Waals surface area contributed by atoms with Crippen molar-refractivity contribution in [3.8, 4) is 5.69 Å². The number of benzene rings is 1. The van der Waals surface area contributed by atoms with Gasteiger partial charge in [0.25, 0.3) is 0 Å². The highest BCUT2D eigenvalue weighted by atomic mass is 32.1. The van der Waals surface area contributed by atoms with Gasteiger partial charge in [0.15, 0.2) is 0 Å². The number of thiazole rings is 1. The molecule has 21 heavy (non-hydrogen) atoms. The Balaban J connectivity index is 1.89. The SMILES string of the molecule is Cc1cn(-c2ccccc2)c(NC(C)c2ncc(C)s2)n1. The number of nitrogens with one attached hydrogen (secondary N) is 1. The fraction of sp³-hybridized carbons (Fsp3) is 0.250. The van der Waals surface area contributed by atoms with Crippen LogP contribution in [-0.2, 0) is 0 Å². The van der Waals surface area contributed by atoms with Crippen LogP contribution in [0.2, 0.25) is 0 Å². The van der Waals surface area contributed by atoms with E-state index in [1.807, 2.05) is 37.5 Å². The Labute approximate surface area is 128 Å². The summed E-state index contributed by atoms with van der Waals surface area (Å²) in [5, 5.41) is 4.54. The molecule has 5 heteroatoms. The van der Waals surface area contributed by atoms with Gasteiger partial charge in [0.2, 0.25) is 5.95 Å². The molecule has 0 aliphatic heterocycles. The predicted octanol–water partition coefficient (Wildman–Crippen LogP) is 4.12. The molecule has 4 nitrogen and oxygen atoms in total. The first-order chi connectivity index (χ1) is 10.1. The van der Waals surface area contributed by atoms with Gasteiger partial charge < -0.3 is 5.32 Å². The minimum atomic E-state index is 0.132. The van der Waals surface area contributed by atoms with E-state index in [4.69, 9.17) is 0 Å². The van der Waals surface area contributed by atoms with E-state index in [1.54, 1.807) is 11.3 Å². The highest BCUT2D eigenvalue weighted by molar-refractivity contribution is 7.11. The lowest BCUT2D eigenvalue weighted by atomic mass is 10.3. The fourth-order valence-corrected chi connectivity index (χ4v) is 2.99. The number of anilines is 1. The Bertz CT molecular complexity index is 730. The zero-order chi connectivity index (χ0) is 14.8. The van der Waals surface area contributed by atoms with Crippen molar-refractivity contribution in [1.29, 1.82) is 0 Å². The van der Waals surface area contributed by atoms with E-state index in [2.05, 4.69) is 45.8 Å². The molecule has 0 amide bonds. The third-order valence-electron chi connectivity index (χ3n) is 3.22. The van der Waals surface area contributed by atoms with Gasteiger partial charge in [0.05, 0.1) is 11.7 Å². The van der Waals surface area contributed by atoms with E-state index < -0.39 is 0 Å². The maximum Gasteiger partial charge on any atom is 0.208 e. The van der Waals surface area contributed by atoms with Crippen LogP contribution in [0.1, 0.15) is 28.5 Å². The van der Waals surface area contributed by atoms with Crippen LogP contribution in [0, 0.1) is 13.8 Å². The van der Waals surface area contributed by atoms with Gasteiger partial charge in [-0.25, -0.2) is 9.97 Å². The molecule has 0 radical (unpaired) electrons. The second-order valence-corrected chi connectivity index (χ2v) is 6.35. The van der Waals surface area contributed by atoms with Crippen LogP contribution in [0.5, 0.6) is 0 Å². The Kier molecular flexibility index (Phi) is 3.75. The number of para-hydroxylation sites is 1. The molecule has 3 rings (SSSR count). The molecule has 0 aliphatic rings. The van der Waals surface area contributed by atoms with E-state index in [1.165, 1.54) is 4.88 Å². The minimum absolute atomic E-state index is 0.132. The van der Waals surface area contributed by atoms with Crippen molar-refractivity contribution < 1.29 is 0 Å². The molecule has 0 fully saturated rings. The number of aromatic nitrogens is 3. The average Bonchev–Trinajstić information content (AvgIpc) is 3.06. The number of imidazole rings is 1. The standard InChI is InChI=1S/C16H18N4S/c1-11-10-20(14-7-5-4-6-8-14)16(18-11)19-13(3)15-17-9-12(2)21-15/h4-10,13H,1-3H3,(H,18,19). The molecular weight excluding hydrogens is 280 g/mol. The van der Waals surface area contributed by atoms with Crippen LogP contribution in [-0.4, -0.2) is 14.5 Å². The summed E-state index contributed by atoms with van der Waals surface area (Å²) in [6.45, 7) is 6.18. The molecule has 0 aliphatic carbocycles. The smallest absolute Gasteiger partial charge is 0.208 e. The first-order valence-electron chi connectivity index (χ1n) is 6.94. The van der Waals surface area contributed by atoms with Crippen molar-refractivity contribution in [1.82, 2.24) is 14.5 Å². The predicted molar refractivity (Wildman–Crippen MR) is 87.2 cm³/mol. The normalized spacial score (nSPS) is 12.3. The second-order valence-electron chi connectivity index (χ2n) is 5.09. The largest absolute Gasteiger partial charge is 0.346 e. The lowest BCUT2D eigenvalue weighted by Gasteiger charge is -2.14. The maximum absolute atomic E-state index is 4.59. The molecule has 2 heterocycles. The number of hydrogen-bond acceptors (Lipinski definition) is 4. The van der Waals surface area contributed by atoms with Crippen LogP contribution in [0.4, 0.5) is 5.95 Å². The van der Waals surface area contributed by atoms with E-state index in [0.29, 0.717) is 0 Å². The summed E-state index contributed by atoms with van der Waals surface area (Å²) in [5.41, 5.74) is 2.09. The summed E-state index contributed by atoms with van der Waals surface area (Å²) in [6, 6.07) is 10.4. The Morgan fingerprint density at radius 3 is 2.62 bits per heavy atom. The van der Waals surface area contributed by atoms with Crippen LogP contribution in [0.15, 0.2) is 42.7 Å². The van der Waals surface area contributed by atoms with Crippen molar-refractivity contribution in [2.75, 3.05) is 5.32 Å². The third-order valence-corrected chi connectivity index (χ3v) is 4.31. The van der Waals surface area contributed by atoms with E-state index >= 15 is 0 Å².